The predicted molar refractivity (Wildman–Crippen MR) is 401 cm³/mol. The maximum atomic E-state index is 6.09. The normalized spacial score (nSPS) is 16.8. The molecule has 0 radical (unpaired) electrons. The Kier molecular flexibility index (Phi) is 12.4. The average molecular weight is 1340 g/mol. The van der Waals surface area contributed by atoms with Crippen molar-refractivity contribution in [2.75, 3.05) is 0 Å². The number of ether oxygens (including phenoxy) is 1. The molecule has 7 aromatic heterocycles. The Morgan fingerprint density at radius 2 is 0.760 bits per heavy atom. The van der Waals surface area contributed by atoms with Crippen LogP contribution in [0.15, 0.2) is 316 Å². The smallest absolute Gasteiger partial charge is 0.356 e. The molecule has 11 nitrogen and oxygen atoms in total. The fourth-order valence-corrected chi connectivity index (χ4v) is 19.4. The third-order valence-electron chi connectivity index (χ3n) is 23.5. The van der Waals surface area contributed by atoms with Crippen molar-refractivity contribution in [1.82, 2.24) is 24.1 Å². The van der Waals surface area contributed by atoms with Crippen molar-refractivity contribution < 1.29 is 27.6 Å². The summed E-state index contributed by atoms with van der Waals surface area (Å²) in [5.41, 5.74) is 37.8. The first kappa shape index (κ1) is 58.8. The molecule has 9 aromatic carbocycles. The summed E-state index contributed by atoms with van der Waals surface area (Å²) in [5, 5.41) is 8.82. The number of imidazole rings is 1. The molecule has 0 saturated carbocycles. The molecule has 4 atom stereocenters. The van der Waals surface area contributed by atoms with Gasteiger partial charge in [-0.05, 0) is 137 Å². The van der Waals surface area contributed by atoms with Gasteiger partial charge in [0.1, 0.15) is 41.0 Å². The van der Waals surface area contributed by atoms with E-state index in [-0.39, 0.29) is 17.7 Å². The van der Waals surface area contributed by atoms with Crippen LogP contribution in [0, 0.1) is 13.8 Å². The number of hydrogen-bond acceptors (Lipinski definition) is 3. The zero-order chi connectivity index (χ0) is 68.8. The van der Waals surface area contributed by atoms with Gasteiger partial charge in [0.15, 0.2) is 24.6 Å². The molecule has 0 spiro atoms. The third kappa shape index (κ3) is 8.03. The van der Waals surface area contributed by atoms with Crippen LogP contribution >= 0.6 is 0 Å². The zero-order valence-electron chi connectivity index (χ0n) is 57.8. The summed E-state index contributed by atoms with van der Waals surface area (Å²) in [6, 6.07) is 99.0. The summed E-state index contributed by atoms with van der Waals surface area (Å²) in [4.78, 5) is 0. The van der Waals surface area contributed by atoms with Crippen molar-refractivity contribution in [3.63, 3.8) is 0 Å². The van der Waals surface area contributed by atoms with E-state index in [4.69, 9.17) is 4.74 Å². The van der Waals surface area contributed by atoms with Crippen LogP contribution in [0.4, 0.5) is 0 Å². The molecule has 104 heavy (non-hydrogen) atoms. The molecule has 11 heteroatoms. The molecule has 0 fully saturated rings. The SMILES string of the molecule is CC1(C)c2ccccc2C2c3c(cccc31)-c1cccc[n+]12.Cc1cccc(C)c1-n1cc[n+]2c1-c1cccc3c1C2c1ccccc1-3.c1cc2[n+]3c(c1)-c1ccnn1C3n1nccc1-2.c1ccc2c(c1)-c1cccc3c1C2[n+]1ccccc1-3.c1ccc2c(c1)Oc1cccc3c1C2[n+]1ccccc1-3. The van der Waals surface area contributed by atoms with Gasteiger partial charge in [-0.1, -0.05) is 159 Å². The molecular formula is C93H69N10O+5. The van der Waals surface area contributed by atoms with Crippen LogP contribution < -0.4 is 27.6 Å². The van der Waals surface area contributed by atoms with Gasteiger partial charge in [0.2, 0.25) is 46.6 Å². The molecule has 0 amide bonds. The Morgan fingerprint density at radius 3 is 1.39 bits per heavy atom. The van der Waals surface area contributed by atoms with Crippen LogP contribution in [0.25, 0.3) is 95.9 Å². The van der Waals surface area contributed by atoms with Crippen LogP contribution in [-0.2, 0) is 5.41 Å². The van der Waals surface area contributed by atoms with Crippen LogP contribution in [-0.4, -0.2) is 24.1 Å². The summed E-state index contributed by atoms with van der Waals surface area (Å²) in [5.74, 6) is 3.24. The number of fused-ring (bicyclic) bond motifs is 28. The van der Waals surface area contributed by atoms with Gasteiger partial charge in [0.25, 0.3) is 5.82 Å². The number of hydrogen-bond donors (Lipinski definition) is 0. The second-order valence-corrected chi connectivity index (χ2v) is 29.1. The molecule has 492 valence electrons. The van der Waals surface area contributed by atoms with E-state index >= 15 is 0 Å². The van der Waals surface area contributed by atoms with Crippen LogP contribution in [0.5, 0.6) is 11.5 Å². The lowest BCUT2D eigenvalue weighted by Gasteiger charge is -2.35. The summed E-state index contributed by atoms with van der Waals surface area (Å²) in [6.07, 6.45) is 14.8. The van der Waals surface area contributed by atoms with E-state index in [0.29, 0.717) is 18.1 Å². The van der Waals surface area contributed by atoms with Crippen molar-refractivity contribution >= 4 is 0 Å². The largest absolute Gasteiger partial charge is 0.456 e. The molecule has 0 saturated heterocycles. The highest BCUT2D eigenvalue weighted by Gasteiger charge is 2.52. The van der Waals surface area contributed by atoms with E-state index in [0.717, 1.165) is 22.9 Å². The van der Waals surface area contributed by atoms with Crippen LogP contribution in [0.1, 0.15) is 111 Å². The number of nitrogens with zero attached hydrogens (tertiary/aromatic N) is 10. The van der Waals surface area contributed by atoms with Gasteiger partial charge in [-0.25, -0.2) is 4.57 Å². The van der Waals surface area contributed by atoms with Crippen molar-refractivity contribution in [1.29, 1.82) is 0 Å². The summed E-state index contributed by atoms with van der Waals surface area (Å²) >= 11 is 0. The fourth-order valence-electron chi connectivity index (χ4n) is 19.4. The highest BCUT2D eigenvalue weighted by Crippen LogP contribution is 2.55. The highest BCUT2D eigenvalue weighted by atomic mass is 16.5. The van der Waals surface area contributed by atoms with Gasteiger partial charge in [0, 0.05) is 87.3 Å². The molecule has 10 aliphatic rings. The molecule has 3 aliphatic carbocycles. The molecule has 4 unspecified atom stereocenters. The predicted octanol–water partition coefficient (Wildman–Crippen LogP) is 17.4. The van der Waals surface area contributed by atoms with Gasteiger partial charge in [-0.2, -0.15) is 37.8 Å². The highest BCUT2D eigenvalue weighted by molar-refractivity contribution is 5.88. The standard InChI is InChI=1S/C24H19N2.C21H18N.C18H12NO.C18H12N.C12H8N5/c1-15-7-5-8-16(2)22(15)25-13-14-26-23-19-10-4-3-9-17(19)18-11-6-12-20(21(18)23)24(25)26;1-21(2)16-10-4-3-8-14(16)20-19-15(9-7-11-17(19)21)18-12-5-6-13-22(18)20;1-2-9-15-13(6-1)18-17-12(7-5-10-16(17)20-15)14-8-3-4-11-19(14)18;1-2-7-14-12(6-1)13-8-5-9-15-16-10-3-4-11-19(16)18(14)17(13)15;1-2-8-10-4-6-13-16(10)12-15(8)9(3-1)11-5-7-14-17(11)12/h3-14,23H,1-2H3;3-13,20H,1-2H3;1-11,18H;1-11,18H;1-7,12H/q5*+1. The summed E-state index contributed by atoms with van der Waals surface area (Å²) in [6.45, 7) is 9.10. The van der Waals surface area contributed by atoms with Crippen molar-refractivity contribution in [2.45, 2.75) is 63.6 Å². The molecule has 7 aliphatic heterocycles. The Balaban J connectivity index is 0.0000000822. The summed E-state index contributed by atoms with van der Waals surface area (Å²) < 4.78 is 24.4. The molecule has 14 heterocycles. The molecule has 26 rings (SSSR count). The maximum absolute atomic E-state index is 6.09. The number of pyridine rings is 4. The van der Waals surface area contributed by atoms with E-state index in [1.54, 1.807) is 0 Å². The number of rotatable bonds is 1. The van der Waals surface area contributed by atoms with Crippen molar-refractivity contribution in [3.05, 3.63) is 383 Å². The minimum absolute atomic E-state index is 0.0381. The Labute approximate surface area is 602 Å². The minimum atomic E-state index is 0.0381. The number of aryl methyl sites for hydroxylation is 2. The van der Waals surface area contributed by atoms with E-state index in [2.05, 4.69) is 345 Å². The van der Waals surface area contributed by atoms with E-state index in [1.807, 2.05) is 46.0 Å². The van der Waals surface area contributed by atoms with Crippen LogP contribution in [0.2, 0.25) is 0 Å². The number of benzene rings is 9. The first-order valence-electron chi connectivity index (χ1n) is 36.2. The van der Waals surface area contributed by atoms with Gasteiger partial charge in [0.05, 0.1) is 45.8 Å². The van der Waals surface area contributed by atoms with Gasteiger partial charge in [-0.3, -0.25) is 0 Å². The maximum Gasteiger partial charge on any atom is 0.356 e. The first-order chi connectivity index (χ1) is 51.3. The minimum Gasteiger partial charge on any atom is -0.456 e. The Bertz CT molecular complexity index is 6220. The van der Waals surface area contributed by atoms with Gasteiger partial charge < -0.3 is 4.74 Å². The second kappa shape index (κ2) is 22.0. The molecule has 0 N–H and O–H groups in total. The lowest BCUT2D eigenvalue weighted by atomic mass is 9.67. The molecular weight excluding hydrogens is 1270 g/mol. The fraction of sp³-hybridized carbons (Fsp3) is 0.108. The van der Waals surface area contributed by atoms with E-state index in [9.17, 15) is 0 Å². The zero-order valence-corrected chi connectivity index (χ0v) is 57.8. The Morgan fingerprint density at radius 1 is 0.337 bits per heavy atom. The number of para-hydroxylation sites is 2. The quantitative estimate of drug-likeness (QED) is 0.154. The molecule has 16 aromatic rings. The van der Waals surface area contributed by atoms with Crippen LogP contribution in [0.3, 0.4) is 0 Å². The van der Waals surface area contributed by atoms with Crippen molar-refractivity contribution in [3.8, 4) is 107 Å². The second-order valence-electron chi connectivity index (χ2n) is 29.1. The Hall–Kier alpha value is -13.0. The molecule has 0 bridgehead atoms. The van der Waals surface area contributed by atoms with E-state index < -0.39 is 0 Å². The number of aromatic nitrogens is 10. The summed E-state index contributed by atoms with van der Waals surface area (Å²) in [7, 11) is 0. The third-order valence-corrected chi connectivity index (χ3v) is 23.5. The monoisotopic (exact) mass is 1340 g/mol. The topological polar surface area (TPSA) is 69.2 Å². The van der Waals surface area contributed by atoms with Gasteiger partial charge in [-0.15, -0.1) is 4.57 Å². The lowest BCUT2D eigenvalue weighted by Crippen LogP contribution is -2.42. The van der Waals surface area contributed by atoms with Crippen molar-refractivity contribution in [2.24, 2.45) is 0 Å². The first-order valence-corrected chi connectivity index (χ1v) is 36.2. The van der Waals surface area contributed by atoms with E-state index in [1.165, 1.54) is 151 Å². The van der Waals surface area contributed by atoms with Gasteiger partial charge >= 0.3 is 6.29 Å². The average Bonchev–Trinajstić information content (AvgIpc) is 1.50. The lowest BCUT2D eigenvalue weighted by molar-refractivity contribution is -0.698.